The zero-order valence-electron chi connectivity index (χ0n) is 15.5. The highest BCUT2D eigenvalue weighted by Gasteiger charge is 2.18. The molecule has 0 radical (unpaired) electrons. The molecule has 2 N–H and O–H groups in total. The van der Waals surface area contributed by atoms with Gasteiger partial charge >= 0.3 is 11.8 Å². The van der Waals surface area contributed by atoms with Crippen molar-refractivity contribution >= 4 is 18.0 Å². The molecule has 146 valence electrons. The number of hydrogen-bond donors (Lipinski definition) is 2. The van der Waals surface area contributed by atoms with Crippen molar-refractivity contribution in [3.63, 3.8) is 0 Å². The molecule has 0 aliphatic carbocycles. The van der Waals surface area contributed by atoms with E-state index < -0.39 is 11.8 Å². The Hall–Kier alpha value is -3.19. The number of hydrogen-bond acceptors (Lipinski definition) is 5. The van der Waals surface area contributed by atoms with Crippen LogP contribution in [0.1, 0.15) is 24.0 Å². The number of para-hydroxylation sites is 1. The second kappa shape index (κ2) is 10.2. The quantitative estimate of drug-likeness (QED) is 0.436. The number of nitrogens with zero attached hydrogens (tertiary/aromatic N) is 1. The van der Waals surface area contributed by atoms with Crippen molar-refractivity contribution in [2.75, 3.05) is 13.2 Å². The van der Waals surface area contributed by atoms with Crippen LogP contribution in [0.4, 0.5) is 0 Å². The van der Waals surface area contributed by atoms with E-state index in [9.17, 15) is 9.59 Å². The zero-order chi connectivity index (χ0) is 19.6. The fourth-order valence-corrected chi connectivity index (χ4v) is 2.76. The first-order valence-electron chi connectivity index (χ1n) is 9.21. The van der Waals surface area contributed by atoms with Crippen molar-refractivity contribution in [2.45, 2.75) is 25.6 Å². The summed E-state index contributed by atoms with van der Waals surface area (Å²) < 4.78 is 11.2. The number of carbonyl (C=O) groups excluding carboxylic acids is 2. The zero-order valence-corrected chi connectivity index (χ0v) is 15.5. The van der Waals surface area contributed by atoms with E-state index in [1.54, 1.807) is 0 Å². The lowest BCUT2D eigenvalue weighted by atomic mass is 10.2. The number of rotatable bonds is 7. The van der Waals surface area contributed by atoms with Gasteiger partial charge in [0.05, 0.1) is 12.3 Å². The molecule has 0 bridgehead atoms. The predicted octanol–water partition coefficient (Wildman–Crippen LogP) is 2.01. The number of benzene rings is 2. The highest BCUT2D eigenvalue weighted by Crippen LogP contribution is 2.17. The molecule has 2 amide bonds. The largest absolute Gasteiger partial charge is 0.488 e. The molecule has 1 fully saturated rings. The molecule has 0 spiro atoms. The van der Waals surface area contributed by atoms with Crippen LogP contribution in [0.15, 0.2) is 59.7 Å². The minimum absolute atomic E-state index is 0.0195. The molecule has 0 aromatic heterocycles. The van der Waals surface area contributed by atoms with E-state index in [1.807, 2.05) is 54.6 Å². The van der Waals surface area contributed by atoms with Crippen molar-refractivity contribution in [1.29, 1.82) is 0 Å². The number of nitrogens with one attached hydrogen (secondary N) is 2. The van der Waals surface area contributed by atoms with Gasteiger partial charge in [0.2, 0.25) is 0 Å². The molecule has 0 unspecified atom stereocenters. The maximum absolute atomic E-state index is 11.8. The molecule has 28 heavy (non-hydrogen) atoms. The molecule has 1 aliphatic heterocycles. The Labute approximate surface area is 163 Å². The molecular weight excluding hydrogens is 358 g/mol. The molecule has 2 aromatic carbocycles. The van der Waals surface area contributed by atoms with Gasteiger partial charge in [0.25, 0.3) is 0 Å². The first kappa shape index (κ1) is 19.6. The van der Waals surface area contributed by atoms with Crippen LogP contribution in [0.25, 0.3) is 0 Å². The Bertz CT molecular complexity index is 817. The van der Waals surface area contributed by atoms with Crippen molar-refractivity contribution in [3.05, 3.63) is 65.7 Å². The van der Waals surface area contributed by atoms with Crippen LogP contribution >= 0.6 is 0 Å². The van der Waals surface area contributed by atoms with E-state index >= 15 is 0 Å². The van der Waals surface area contributed by atoms with E-state index in [-0.39, 0.29) is 6.10 Å². The van der Waals surface area contributed by atoms with Gasteiger partial charge in [-0.1, -0.05) is 42.5 Å². The summed E-state index contributed by atoms with van der Waals surface area (Å²) in [4.78, 5) is 23.6. The molecule has 7 heteroatoms. The minimum Gasteiger partial charge on any atom is -0.488 e. The smallest absolute Gasteiger partial charge is 0.329 e. The van der Waals surface area contributed by atoms with Crippen molar-refractivity contribution in [3.8, 4) is 5.75 Å². The SMILES string of the molecule is O=C(NC[C@H]1CCCO1)C(=O)N/N=C\c1ccccc1OCc1ccccc1. The van der Waals surface area contributed by atoms with Crippen LogP contribution in [0.2, 0.25) is 0 Å². The van der Waals surface area contributed by atoms with Gasteiger partial charge in [-0.3, -0.25) is 9.59 Å². The van der Waals surface area contributed by atoms with E-state index in [0.717, 1.165) is 18.4 Å². The predicted molar refractivity (Wildman–Crippen MR) is 105 cm³/mol. The van der Waals surface area contributed by atoms with Crippen molar-refractivity contribution in [2.24, 2.45) is 5.10 Å². The summed E-state index contributed by atoms with van der Waals surface area (Å²) >= 11 is 0. The Morgan fingerprint density at radius 2 is 1.89 bits per heavy atom. The Morgan fingerprint density at radius 1 is 1.11 bits per heavy atom. The van der Waals surface area contributed by atoms with Crippen LogP contribution in [0.5, 0.6) is 5.75 Å². The van der Waals surface area contributed by atoms with Crippen LogP contribution < -0.4 is 15.5 Å². The topological polar surface area (TPSA) is 89.0 Å². The first-order chi connectivity index (χ1) is 13.7. The van der Waals surface area contributed by atoms with Crippen LogP contribution in [0.3, 0.4) is 0 Å². The molecule has 1 saturated heterocycles. The molecule has 3 rings (SSSR count). The van der Waals surface area contributed by atoms with Gasteiger partial charge in [-0.15, -0.1) is 0 Å². The van der Waals surface area contributed by atoms with Gasteiger partial charge < -0.3 is 14.8 Å². The average molecular weight is 381 g/mol. The summed E-state index contributed by atoms with van der Waals surface area (Å²) in [7, 11) is 0. The molecular formula is C21H23N3O4. The second-order valence-corrected chi connectivity index (χ2v) is 6.36. The Balaban J connectivity index is 1.49. The van der Waals surface area contributed by atoms with E-state index in [4.69, 9.17) is 9.47 Å². The molecule has 1 aliphatic rings. The monoisotopic (exact) mass is 381 g/mol. The van der Waals surface area contributed by atoms with E-state index in [0.29, 0.717) is 31.1 Å². The molecule has 7 nitrogen and oxygen atoms in total. The summed E-state index contributed by atoms with van der Waals surface area (Å²) in [6, 6.07) is 17.1. The summed E-state index contributed by atoms with van der Waals surface area (Å²) in [5, 5.41) is 6.41. The average Bonchev–Trinajstić information content (AvgIpc) is 3.25. The lowest BCUT2D eigenvalue weighted by molar-refractivity contribution is -0.139. The normalized spacial score (nSPS) is 16.1. The number of ether oxygens (including phenoxy) is 2. The van der Waals surface area contributed by atoms with Gasteiger partial charge in [0.1, 0.15) is 12.4 Å². The fourth-order valence-electron chi connectivity index (χ4n) is 2.76. The maximum atomic E-state index is 11.8. The van der Waals surface area contributed by atoms with Crippen molar-refractivity contribution < 1.29 is 19.1 Å². The number of carbonyl (C=O) groups is 2. The lowest BCUT2D eigenvalue weighted by Gasteiger charge is -2.10. The molecule has 1 atom stereocenters. The third kappa shape index (κ3) is 5.92. The Kier molecular flexibility index (Phi) is 7.14. The van der Waals surface area contributed by atoms with Gasteiger partial charge in [-0.05, 0) is 30.5 Å². The molecule has 1 heterocycles. The number of hydrazone groups is 1. The second-order valence-electron chi connectivity index (χ2n) is 6.36. The van der Waals surface area contributed by atoms with E-state index in [2.05, 4.69) is 15.8 Å². The van der Waals surface area contributed by atoms with Gasteiger partial charge in [0.15, 0.2) is 0 Å². The van der Waals surface area contributed by atoms with Crippen molar-refractivity contribution in [1.82, 2.24) is 10.7 Å². The third-order valence-electron chi connectivity index (χ3n) is 4.25. The van der Waals surface area contributed by atoms with Crippen LogP contribution in [-0.4, -0.2) is 37.3 Å². The standard InChI is InChI=1S/C21H23N3O4/c25-20(22-14-18-10-6-12-27-18)21(26)24-23-13-17-9-4-5-11-19(17)28-15-16-7-2-1-3-8-16/h1-5,7-9,11,13,18H,6,10,12,14-15H2,(H,22,25)(H,24,26)/b23-13-/t18-/m1/s1. The summed E-state index contributed by atoms with van der Waals surface area (Å²) in [5.41, 5.74) is 3.97. The summed E-state index contributed by atoms with van der Waals surface area (Å²) in [6.07, 6.45) is 3.29. The van der Waals surface area contributed by atoms with Gasteiger partial charge in [-0.2, -0.15) is 5.10 Å². The molecule has 0 saturated carbocycles. The highest BCUT2D eigenvalue weighted by molar-refractivity contribution is 6.35. The minimum atomic E-state index is -0.822. The number of amides is 2. The molecule has 2 aromatic rings. The third-order valence-corrected chi connectivity index (χ3v) is 4.25. The lowest BCUT2D eigenvalue weighted by Crippen LogP contribution is -2.41. The van der Waals surface area contributed by atoms with Gasteiger partial charge in [0, 0.05) is 18.7 Å². The Morgan fingerprint density at radius 3 is 2.68 bits per heavy atom. The van der Waals surface area contributed by atoms with Crippen LogP contribution in [-0.2, 0) is 20.9 Å². The fraction of sp³-hybridized carbons (Fsp3) is 0.286. The van der Waals surface area contributed by atoms with Gasteiger partial charge in [-0.25, -0.2) is 5.43 Å². The summed E-state index contributed by atoms with van der Waals surface area (Å²) in [6.45, 7) is 1.44. The van der Waals surface area contributed by atoms with E-state index in [1.165, 1.54) is 6.21 Å². The first-order valence-corrected chi connectivity index (χ1v) is 9.21. The highest BCUT2D eigenvalue weighted by atomic mass is 16.5. The summed E-state index contributed by atoms with van der Waals surface area (Å²) in [5.74, 6) is -0.926. The van der Waals surface area contributed by atoms with Crippen LogP contribution in [0, 0.1) is 0 Å². The maximum Gasteiger partial charge on any atom is 0.329 e.